The Morgan fingerprint density at radius 3 is 3.09 bits per heavy atom. The molecule has 0 aliphatic carbocycles. The lowest BCUT2D eigenvalue weighted by Gasteiger charge is -2.31. The standard InChI is InChI=1S/C16H18N4O2/c1-11-18-19-16(22-11)15-10-20(6-7-21-15)9-12-8-17-14-5-3-2-4-13(12)14/h2-5,8,15,17H,6-7,9-10H2,1H3. The van der Waals surface area contributed by atoms with E-state index < -0.39 is 0 Å². The van der Waals surface area contributed by atoms with Gasteiger partial charge in [-0.25, -0.2) is 0 Å². The van der Waals surface area contributed by atoms with Crippen molar-refractivity contribution >= 4 is 10.9 Å². The van der Waals surface area contributed by atoms with Crippen LogP contribution in [-0.4, -0.2) is 39.8 Å². The first-order chi connectivity index (χ1) is 10.8. The van der Waals surface area contributed by atoms with E-state index in [9.17, 15) is 0 Å². The summed E-state index contributed by atoms with van der Waals surface area (Å²) in [6, 6.07) is 8.37. The highest BCUT2D eigenvalue weighted by Crippen LogP contribution is 2.24. The van der Waals surface area contributed by atoms with Crippen LogP contribution in [0.25, 0.3) is 10.9 Å². The summed E-state index contributed by atoms with van der Waals surface area (Å²) < 4.78 is 11.3. The van der Waals surface area contributed by atoms with Gasteiger partial charge in [0.1, 0.15) is 6.10 Å². The summed E-state index contributed by atoms with van der Waals surface area (Å²) in [5.41, 5.74) is 2.48. The van der Waals surface area contributed by atoms with Crippen molar-refractivity contribution in [3.8, 4) is 0 Å². The largest absolute Gasteiger partial charge is 0.423 e. The van der Waals surface area contributed by atoms with Crippen LogP contribution in [0, 0.1) is 6.92 Å². The number of para-hydroxylation sites is 1. The van der Waals surface area contributed by atoms with Gasteiger partial charge >= 0.3 is 0 Å². The number of aryl methyl sites for hydroxylation is 1. The first-order valence-electron chi connectivity index (χ1n) is 7.48. The zero-order chi connectivity index (χ0) is 14.9. The van der Waals surface area contributed by atoms with Gasteiger partial charge in [0.25, 0.3) is 0 Å². The molecule has 6 nitrogen and oxygen atoms in total. The third-order valence-electron chi connectivity index (χ3n) is 4.04. The van der Waals surface area contributed by atoms with Crippen molar-refractivity contribution in [1.82, 2.24) is 20.1 Å². The fourth-order valence-corrected chi connectivity index (χ4v) is 2.94. The van der Waals surface area contributed by atoms with Gasteiger partial charge in [0, 0.05) is 43.7 Å². The summed E-state index contributed by atoms with van der Waals surface area (Å²) in [4.78, 5) is 5.69. The first-order valence-corrected chi connectivity index (χ1v) is 7.48. The SMILES string of the molecule is Cc1nnc(C2CN(Cc3c[nH]c4ccccc34)CCO2)o1. The van der Waals surface area contributed by atoms with Gasteiger partial charge in [-0.3, -0.25) is 4.90 Å². The second-order valence-electron chi connectivity index (χ2n) is 5.61. The highest BCUT2D eigenvalue weighted by atomic mass is 16.5. The van der Waals surface area contributed by atoms with Crippen LogP contribution < -0.4 is 0 Å². The Balaban J connectivity index is 1.51. The van der Waals surface area contributed by atoms with Crippen molar-refractivity contribution in [2.24, 2.45) is 0 Å². The van der Waals surface area contributed by atoms with Gasteiger partial charge in [0.2, 0.25) is 11.8 Å². The number of nitrogens with one attached hydrogen (secondary N) is 1. The Kier molecular flexibility index (Phi) is 3.40. The molecule has 3 aromatic rings. The number of H-pyrrole nitrogens is 1. The molecular formula is C16H18N4O2. The maximum absolute atomic E-state index is 5.77. The molecule has 114 valence electrons. The molecule has 1 N–H and O–H groups in total. The molecule has 22 heavy (non-hydrogen) atoms. The molecule has 1 unspecified atom stereocenters. The van der Waals surface area contributed by atoms with Crippen molar-refractivity contribution < 1.29 is 9.15 Å². The molecule has 0 amide bonds. The molecule has 0 radical (unpaired) electrons. The van der Waals surface area contributed by atoms with Crippen molar-refractivity contribution in [2.45, 2.75) is 19.6 Å². The number of aromatic nitrogens is 3. The molecular weight excluding hydrogens is 280 g/mol. The minimum absolute atomic E-state index is 0.139. The molecule has 2 aromatic heterocycles. The molecule has 4 rings (SSSR count). The van der Waals surface area contributed by atoms with E-state index in [1.165, 1.54) is 16.5 Å². The number of rotatable bonds is 3. The number of hydrogen-bond donors (Lipinski definition) is 1. The average Bonchev–Trinajstić information content (AvgIpc) is 3.15. The van der Waals surface area contributed by atoms with Gasteiger partial charge in [-0.2, -0.15) is 0 Å². The highest BCUT2D eigenvalue weighted by molar-refractivity contribution is 5.82. The van der Waals surface area contributed by atoms with E-state index in [2.05, 4.69) is 44.5 Å². The van der Waals surface area contributed by atoms with Gasteiger partial charge in [0.05, 0.1) is 6.61 Å². The van der Waals surface area contributed by atoms with E-state index in [0.29, 0.717) is 18.4 Å². The predicted molar refractivity (Wildman–Crippen MR) is 81.3 cm³/mol. The molecule has 6 heteroatoms. The van der Waals surface area contributed by atoms with Crippen molar-refractivity contribution in [3.63, 3.8) is 0 Å². The molecule has 3 heterocycles. The number of morpholine rings is 1. The van der Waals surface area contributed by atoms with E-state index in [-0.39, 0.29) is 6.10 Å². The number of ether oxygens (including phenoxy) is 1. The van der Waals surface area contributed by atoms with E-state index in [1.807, 2.05) is 6.07 Å². The quantitative estimate of drug-likeness (QED) is 0.804. The van der Waals surface area contributed by atoms with Gasteiger partial charge in [-0.15, -0.1) is 10.2 Å². The fourth-order valence-electron chi connectivity index (χ4n) is 2.94. The molecule has 0 spiro atoms. The van der Waals surface area contributed by atoms with Crippen LogP contribution in [0.15, 0.2) is 34.9 Å². The average molecular weight is 298 g/mol. The van der Waals surface area contributed by atoms with Crippen LogP contribution in [0.3, 0.4) is 0 Å². The Bertz CT molecular complexity index is 779. The van der Waals surface area contributed by atoms with E-state index in [4.69, 9.17) is 9.15 Å². The van der Waals surface area contributed by atoms with Crippen molar-refractivity contribution in [3.05, 3.63) is 47.8 Å². The first kappa shape index (κ1) is 13.5. The highest BCUT2D eigenvalue weighted by Gasteiger charge is 2.26. The Hall–Kier alpha value is -2.18. The van der Waals surface area contributed by atoms with Gasteiger partial charge in [-0.05, 0) is 11.6 Å². The number of hydrogen-bond acceptors (Lipinski definition) is 5. The number of aromatic amines is 1. The zero-order valence-electron chi connectivity index (χ0n) is 12.5. The molecule has 1 aliphatic heterocycles. The molecule has 1 fully saturated rings. The Labute approximate surface area is 128 Å². The summed E-state index contributed by atoms with van der Waals surface area (Å²) in [6.07, 6.45) is 1.95. The van der Waals surface area contributed by atoms with Gasteiger partial charge in [0.15, 0.2) is 0 Å². The second-order valence-corrected chi connectivity index (χ2v) is 5.61. The molecule has 0 saturated carbocycles. The normalized spacial score (nSPS) is 19.8. The Morgan fingerprint density at radius 2 is 2.23 bits per heavy atom. The van der Waals surface area contributed by atoms with Crippen LogP contribution in [0.5, 0.6) is 0 Å². The zero-order valence-corrected chi connectivity index (χ0v) is 12.5. The van der Waals surface area contributed by atoms with Crippen molar-refractivity contribution in [1.29, 1.82) is 0 Å². The number of nitrogens with zero attached hydrogens (tertiary/aromatic N) is 3. The van der Waals surface area contributed by atoms with Crippen LogP contribution in [0.4, 0.5) is 0 Å². The van der Waals surface area contributed by atoms with Crippen LogP contribution in [-0.2, 0) is 11.3 Å². The smallest absolute Gasteiger partial charge is 0.246 e. The Morgan fingerprint density at radius 1 is 1.32 bits per heavy atom. The monoisotopic (exact) mass is 298 g/mol. The second kappa shape index (κ2) is 5.55. The van der Waals surface area contributed by atoms with E-state index in [0.717, 1.165) is 19.6 Å². The molecule has 1 saturated heterocycles. The topological polar surface area (TPSA) is 67.2 Å². The lowest BCUT2D eigenvalue weighted by molar-refractivity contribution is -0.0456. The number of benzene rings is 1. The van der Waals surface area contributed by atoms with Gasteiger partial charge < -0.3 is 14.1 Å². The van der Waals surface area contributed by atoms with Crippen molar-refractivity contribution in [2.75, 3.05) is 19.7 Å². The summed E-state index contributed by atoms with van der Waals surface area (Å²) in [7, 11) is 0. The molecule has 1 aliphatic rings. The molecule has 1 aromatic carbocycles. The predicted octanol–water partition coefficient (Wildman–Crippen LogP) is 2.43. The summed E-state index contributed by atoms with van der Waals surface area (Å²) in [5, 5.41) is 9.24. The maximum Gasteiger partial charge on any atom is 0.246 e. The molecule has 0 bridgehead atoms. The third kappa shape index (κ3) is 2.51. The maximum atomic E-state index is 5.77. The minimum atomic E-state index is -0.139. The van der Waals surface area contributed by atoms with E-state index in [1.54, 1.807) is 6.92 Å². The van der Waals surface area contributed by atoms with E-state index >= 15 is 0 Å². The third-order valence-corrected chi connectivity index (χ3v) is 4.04. The lowest BCUT2D eigenvalue weighted by atomic mass is 10.1. The van der Waals surface area contributed by atoms with Crippen LogP contribution >= 0.6 is 0 Å². The van der Waals surface area contributed by atoms with Crippen LogP contribution in [0.2, 0.25) is 0 Å². The molecule has 1 atom stereocenters. The minimum Gasteiger partial charge on any atom is -0.423 e. The number of fused-ring (bicyclic) bond motifs is 1. The fraction of sp³-hybridized carbons (Fsp3) is 0.375. The van der Waals surface area contributed by atoms with Crippen LogP contribution in [0.1, 0.15) is 23.4 Å². The summed E-state index contributed by atoms with van der Waals surface area (Å²) >= 11 is 0. The lowest BCUT2D eigenvalue weighted by Crippen LogP contribution is -2.37. The summed E-state index contributed by atoms with van der Waals surface area (Å²) in [5.74, 6) is 1.15. The summed E-state index contributed by atoms with van der Waals surface area (Å²) in [6.45, 7) is 5.03. The van der Waals surface area contributed by atoms with Gasteiger partial charge in [-0.1, -0.05) is 18.2 Å².